The lowest BCUT2D eigenvalue weighted by molar-refractivity contribution is -0.132. The van der Waals surface area contributed by atoms with Gasteiger partial charge in [-0.1, -0.05) is 54.1 Å². The molecule has 5 rings (SSSR count). The van der Waals surface area contributed by atoms with Gasteiger partial charge >= 0.3 is 0 Å². The maximum absolute atomic E-state index is 13.3. The minimum absolute atomic E-state index is 0.0460. The average molecular weight is 552 g/mol. The van der Waals surface area contributed by atoms with E-state index in [0.29, 0.717) is 16.1 Å². The number of Topliss-reactive ketones (excluding diaryl/α,β-unsaturated/α-hetero) is 1. The van der Waals surface area contributed by atoms with Gasteiger partial charge in [0.05, 0.1) is 16.5 Å². The molecule has 0 bridgehead atoms. The van der Waals surface area contributed by atoms with Gasteiger partial charge in [0, 0.05) is 27.9 Å². The van der Waals surface area contributed by atoms with Gasteiger partial charge in [-0.05, 0) is 42.0 Å². The van der Waals surface area contributed by atoms with Gasteiger partial charge in [0.1, 0.15) is 5.76 Å². The van der Waals surface area contributed by atoms with Gasteiger partial charge in [0.15, 0.2) is 5.13 Å². The van der Waals surface area contributed by atoms with Crippen LogP contribution in [0.2, 0.25) is 5.02 Å². The number of anilines is 2. The third-order valence-electron chi connectivity index (χ3n) is 5.76. The fraction of sp³-hybridized carbons (Fsp3) is 0.0385. The maximum Gasteiger partial charge on any atom is 0.300 e. The van der Waals surface area contributed by atoms with Crippen LogP contribution >= 0.6 is 22.9 Å². The van der Waals surface area contributed by atoms with Gasteiger partial charge in [0.2, 0.25) is 0 Å². The number of nitrogens with zero attached hydrogens (tertiary/aromatic N) is 2. The zero-order chi connectivity index (χ0) is 26.2. The first kappa shape index (κ1) is 24.7. The van der Waals surface area contributed by atoms with E-state index in [-0.39, 0.29) is 27.0 Å². The number of carbonyl (C=O) groups is 2. The number of aliphatic hydroxyl groups excluding tert-OH is 1. The van der Waals surface area contributed by atoms with Gasteiger partial charge in [-0.3, -0.25) is 19.2 Å². The van der Waals surface area contributed by atoms with Gasteiger partial charge < -0.3 is 5.11 Å². The molecule has 2 N–H and O–H groups in total. The molecule has 1 aliphatic rings. The molecule has 1 aromatic heterocycles. The first-order valence-corrected chi connectivity index (χ1v) is 13.6. The van der Waals surface area contributed by atoms with Crippen LogP contribution in [-0.2, 0) is 19.6 Å². The molecule has 2 heterocycles. The number of amides is 1. The number of hydrogen-bond acceptors (Lipinski definition) is 7. The standard InChI is InChI=1S/C26H18ClN3O5S2/c27-18-8-6-16(7-9-18)22-21(23(31)17-4-2-1-3-5-17)24(32)25(33)30(22)19-10-12-20(13-11-19)37(34,35)29-26-28-14-15-36-26/h1-15,22,31H,(H,28,29)/t22-/m0/s1. The molecule has 1 atom stereocenters. The maximum atomic E-state index is 13.3. The molecule has 4 aromatic rings. The third kappa shape index (κ3) is 4.74. The van der Waals surface area contributed by atoms with Crippen molar-refractivity contribution in [3.05, 3.63) is 112 Å². The highest BCUT2D eigenvalue weighted by Crippen LogP contribution is 2.42. The summed E-state index contributed by atoms with van der Waals surface area (Å²) >= 11 is 7.20. The molecule has 0 spiro atoms. The van der Waals surface area contributed by atoms with Crippen molar-refractivity contribution in [1.29, 1.82) is 0 Å². The van der Waals surface area contributed by atoms with Crippen LogP contribution < -0.4 is 9.62 Å². The van der Waals surface area contributed by atoms with Crippen LogP contribution in [0.25, 0.3) is 5.76 Å². The number of halogens is 1. The Hall–Kier alpha value is -3.99. The zero-order valence-electron chi connectivity index (χ0n) is 18.9. The van der Waals surface area contributed by atoms with Gasteiger partial charge in [-0.25, -0.2) is 13.4 Å². The van der Waals surface area contributed by atoms with Crippen LogP contribution in [0.15, 0.2) is 101 Å². The topological polar surface area (TPSA) is 117 Å². The minimum atomic E-state index is -3.91. The lowest BCUT2D eigenvalue weighted by atomic mass is 9.95. The number of carbonyl (C=O) groups excluding carboxylic acids is 2. The summed E-state index contributed by atoms with van der Waals surface area (Å²) in [6, 6.07) is 19.6. The molecule has 0 unspecified atom stereocenters. The number of ketones is 1. The molecular formula is C26H18ClN3O5S2. The third-order valence-corrected chi connectivity index (χ3v) is 8.18. The Kier molecular flexibility index (Phi) is 6.55. The molecular weight excluding hydrogens is 534 g/mol. The second-order valence-corrected chi connectivity index (χ2v) is 11.0. The van der Waals surface area contributed by atoms with E-state index in [1.54, 1.807) is 60.0 Å². The molecule has 1 aliphatic heterocycles. The van der Waals surface area contributed by atoms with E-state index in [4.69, 9.17) is 11.6 Å². The Morgan fingerprint density at radius 3 is 2.27 bits per heavy atom. The summed E-state index contributed by atoms with van der Waals surface area (Å²) < 4.78 is 27.9. The molecule has 1 fully saturated rings. The molecule has 0 aliphatic carbocycles. The molecule has 186 valence electrons. The first-order valence-electron chi connectivity index (χ1n) is 10.9. The Bertz CT molecular complexity index is 1600. The molecule has 3 aromatic carbocycles. The predicted octanol–water partition coefficient (Wildman–Crippen LogP) is 5.22. The molecule has 37 heavy (non-hydrogen) atoms. The van der Waals surface area contributed by atoms with E-state index < -0.39 is 27.8 Å². The van der Waals surface area contributed by atoms with E-state index in [2.05, 4.69) is 9.71 Å². The highest BCUT2D eigenvalue weighted by molar-refractivity contribution is 7.93. The van der Waals surface area contributed by atoms with Crippen LogP contribution in [-0.4, -0.2) is 30.2 Å². The average Bonchev–Trinajstić information content (AvgIpc) is 3.50. The SMILES string of the molecule is O=C1C(=O)N(c2ccc(S(=O)(=O)Nc3nccs3)cc2)[C@@H](c2ccc(Cl)cc2)C1=C(O)c1ccccc1. The predicted molar refractivity (Wildman–Crippen MR) is 142 cm³/mol. The Morgan fingerprint density at radius 2 is 1.65 bits per heavy atom. The summed E-state index contributed by atoms with van der Waals surface area (Å²) in [6.07, 6.45) is 1.48. The van der Waals surface area contributed by atoms with Crippen molar-refractivity contribution in [3.8, 4) is 0 Å². The second kappa shape index (κ2) is 9.81. The Morgan fingerprint density at radius 1 is 0.973 bits per heavy atom. The minimum Gasteiger partial charge on any atom is -0.507 e. The zero-order valence-corrected chi connectivity index (χ0v) is 21.3. The second-order valence-electron chi connectivity index (χ2n) is 8.02. The van der Waals surface area contributed by atoms with Crippen LogP contribution in [0.4, 0.5) is 10.8 Å². The number of hydrogen-bond donors (Lipinski definition) is 2. The highest BCUT2D eigenvalue weighted by atomic mass is 35.5. The van der Waals surface area contributed by atoms with Crippen molar-refractivity contribution in [3.63, 3.8) is 0 Å². The van der Waals surface area contributed by atoms with E-state index in [0.717, 1.165) is 11.3 Å². The number of sulfonamides is 1. The summed E-state index contributed by atoms with van der Waals surface area (Å²) in [6.45, 7) is 0. The van der Waals surface area contributed by atoms with E-state index in [1.807, 2.05) is 0 Å². The van der Waals surface area contributed by atoms with Crippen LogP contribution in [0.5, 0.6) is 0 Å². The lowest BCUT2D eigenvalue weighted by Gasteiger charge is -2.25. The fourth-order valence-electron chi connectivity index (χ4n) is 4.04. The number of rotatable bonds is 6. The quantitative estimate of drug-likeness (QED) is 0.193. The van der Waals surface area contributed by atoms with Crippen molar-refractivity contribution in [2.45, 2.75) is 10.9 Å². The van der Waals surface area contributed by atoms with E-state index in [1.165, 1.54) is 35.4 Å². The van der Waals surface area contributed by atoms with Crippen molar-refractivity contribution in [2.24, 2.45) is 0 Å². The molecule has 8 nitrogen and oxygen atoms in total. The van der Waals surface area contributed by atoms with Gasteiger partial charge in [-0.2, -0.15) is 0 Å². The number of aliphatic hydroxyl groups is 1. The van der Waals surface area contributed by atoms with Crippen LogP contribution in [0.3, 0.4) is 0 Å². The largest absolute Gasteiger partial charge is 0.507 e. The molecule has 11 heteroatoms. The number of thiazole rings is 1. The molecule has 0 radical (unpaired) electrons. The number of nitrogens with one attached hydrogen (secondary N) is 1. The van der Waals surface area contributed by atoms with E-state index >= 15 is 0 Å². The van der Waals surface area contributed by atoms with Crippen molar-refractivity contribution in [2.75, 3.05) is 9.62 Å². The summed E-state index contributed by atoms with van der Waals surface area (Å²) in [5, 5.41) is 13.4. The summed E-state index contributed by atoms with van der Waals surface area (Å²) in [5.74, 6) is -2.02. The first-order chi connectivity index (χ1) is 17.8. The lowest BCUT2D eigenvalue weighted by Crippen LogP contribution is -2.29. The van der Waals surface area contributed by atoms with Crippen molar-refractivity contribution < 1.29 is 23.1 Å². The van der Waals surface area contributed by atoms with Crippen LogP contribution in [0.1, 0.15) is 17.2 Å². The molecule has 1 saturated heterocycles. The Labute approximate surface area is 221 Å². The van der Waals surface area contributed by atoms with Gasteiger partial charge in [-0.15, -0.1) is 11.3 Å². The monoisotopic (exact) mass is 551 g/mol. The summed E-state index contributed by atoms with van der Waals surface area (Å²) in [4.78, 5) is 31.6. The van der Waals surface area contributed by atoms with Crippen LogP contribution in [0, 0.1) is 0 Å². The molecule has 1 amide bonds. The molecule has 0 saturated carbocycles. The van der Waals surface area contributed by atoms with Gasteiger partial charge in [0.25, 0.3) is 21.7 Å². The smallest absolute Gasteiger partial charge is 0.300 e. The normalized spacial score (nSPS) is 17.2. The van der Waals surface area contributed by atoms with Crippen molar-refractivity contribution in [1.82, 2.24) is 4.98 Å². The summed E-state index contributed by atoms with van der Waals surface area (Å²) in [5.41, 5.74) is 1.13. The van der Waals surface area contributed by atoms with Crippen molar-refractivity contribution >= 4 is 61.2 Å². The number of benzene rings is 3. The Balaban J connectivity index is 1.59. The fourth-order valence-corrected chi connectivity index (χ4v) is 5.96. The number of aromatic nitrogens is 1. The highest BCUT2D eigenvalue weighted by Gasteiger charge is 2.47. The van der Waals surface area contributed by atoms with E-state index in [9.17, 15) is 23.1 Å². The summed E-state index contributed by atoms with van der Waals surface area (Å²) in [7, 11) is -3.91.